The van der Waals surface area contributed by atoms with Gasteiger partial charge in [-0.15, -0.1) is 11.3 Å². The lowest BCUT2D eigenvalue weighted by Gasteiger charge is -2.16. The molecule has 6 nitrogen and oxygen atoms in total. The summed E-state index contributed by atoms with van der Waals surface area (Å²) < 4.78 is 27.1. The fourth-order valence-corrected chi connectivity index (χ4v) is 5.56. The van der Waals surface area contributed by atoms with Gasteiger partial charge in [0.05, 0.1) is 11.4 Å². The van der Waals surface area contributed by atoms with E-state index in [9.17, 15) is 8.42 Å². The second-order valence-electron chi connectivity index (χ2n) is 6.28. The molecule has 1 aliphatic rings. The predicted octanol–water partition coefficient (Wildman–Crippen LogP) is 2.27. The molecule has 0 spiro atoms. The fourth-order valence-electron chi connectivity index (χ4n) is 2.99. The van der Waals surface area contributed by atoms with E-state index in [4.69, 9.17) is 5.73 Å². The van der Waals surface area contributed by atoms with Gasteiger partial charge in [-0.05, 0) is 32.8 Å². The Kier molecular flexibility index (Phi) is 7.06. The first-order valence-corrected chi connectivity index (χ1v) is 10.8. The van der Waals surface area contributed by atoms with E-state index in [0.29, 0.717) is 23.4 Å². The highest BCUT2D eigenvalue weighted by molar-refractivity contribution is 7.89. The van der Waals surface area contributed by atoms with Crippen LogP contribution in [0, 0.1) is 13.8 Å². The average Bonchev–Trinajstić information content (AvgIpc) is 2.72. The first kappa shape index (κ1) is 19.2. The number of hydrogen-bond acceptors (Lipinski definition) is 4. The van der Waals surface area contributed by atoms with Gasteiger partial charge in [-0.3, -0.25) is 4.99 Å². The SMILES string of the molecule is Cc1cc(S(=O)(=O)NCCN=C(N)NC2CCCCCC2)c(C)s1. The van der Waals surface area contributed by atoms with Gasteiger partial charge in [0.25, 0.3) is 0 Å². The van der Waals surface area contributed by atoms with Gasteiger partial charge in [0.15, 0.2) is 5.96 Å². The molecule has 2 rings (SSSR count). The largest absolute Gasteiger partial charge is 0.370 e. The average molecular weight is 373 g/mol. The molecule has 0 bridgehead atoms. The minimum atomic E-state index is -3.47. The summed E-state index contributed by atoms with van der Waals surface area (Å²) in [5, 5.41) is 3.25. The molecular weight excluding hydrogens is 344 g/mol. The van der Waals surface area contributed by atoms with E-state index >= 15 is 0 Å². The van der Waals surface area contributed by atoms with Gasteiger partial charge >= 0.3 is 0 Å². The van der Waals surface area contributed by atoms with Crippen LogP contribution in [0.25, 0.3) is 0 Å². The van der Waals surface area contributed by atoms with Gasteiger partial charge in [0.1, 0.15) is 0 Å². The smallest absolute Gasteiger partial charge is 0.241 e. The number of nitrogens with zero attached hydrogens (tertiary/aromatic N) is 1. The minimum Gasteiger partial charge on any atom is -0.370 e. The number of aryl methyl sites for hydroxylation is 2. The number of nitrogens with one attached hydrogen (secondary N) is 2. The monoisotopic (exact) mass is 372 g/mol. The van der Waals surface area contributed by atoms with Crippen LogP contribution in [0.1, 0.15) is 48.3 Å². The zero-order valence-corrected chi connectivity index (χ0v) is 16.1. The minimum absolute atomic E-state index is 0.240. The van der Waals surface area contributed by atoms with Crippen LogP contribution in [0.15, 0.2) is 16.0 Å². The zero-order chi connectivity index (χ0) is 17.6. The van der Waals surface area contributed by atoms with Gasteiger partial charge in [0.2, 0.25) is 10.0 Å². The highest BCUT2D eigenvalue weighted by Crippen LogP contribution is 2.24. The lowest BCUT2D eigenvalue weighted by molar-refractivity contribution is 0.530. The van der Waals surface area contributed by atoms with E-state index in [2.05, 4.69) is 15.0 Å². The predicted molar refractivity (Wildman–Crippen MR) is 100 cm³/mol. The van der Waals surface area contributed by atoms with Crippen molar-refractivity contribution in [2.45, 2.75) is 63.3 Å². The Balaban J connectivity index is 1.79. The molecular formula is C16H28N4O2S2. The van der Waals surface area contributed by atoms with Crippen molar-refractivity contribution in [3.8, 4) is 0 Å². The van der Waals surface area contributed by atoms with E-state index in [1.807, 2.05) is 13.8 Å². The van der Waals surface area contributed by atoms with Crippen molar-refractivity contribution in [3.63, 3.8) is 0 Å². The van der Waals surface area contributed by atoms with Crippen LogP contribution in [0.3, 0.4) is 0 Å². The quantitative estimate of drug-likeness (QED) is 0.309. The first-order valence-electron chi connectivity index (χ1n) is 8.51. The molecule has 0 saturated heterocycles. The molecule has 4 N–H and O–H groups in total. The number of guanidine groups is 1. The van der Waals surface area contributed by atoms with Crippen molar-refractivity contribution in [1.82, 2.24) is 10.0 Å². The van der Waals surface area contributed by atoms with Crippen molar-refractivity contribution >= 4 is 27.3 Å². The first-order chi connectivity index (χ1) is 11.4. The molecule has 0 atom stereocenters. The molecule has 1 aromatic rings. The maximum atomic E-state index is 12.3. The molecule has 1 aliphatic carbocycles. The van der Waals surface area contributed by atoms with E-state index in [1.54, 1.807) is 6.07 Å². The van der Waals surface area contributed by atoms with Gasteiger partial charge in [-0.2, -0.15) is 0 Å². The molecule has 136 valence electrons. The van der Waals surface area contributed by atoms with Crippen molar-refractivity contribution in [2.75, 3.05) is 13.1 Å². The summed E-state index contributed by atoms with van der Waals surface area (Å²) >= 11 is 1.48. The molecule has 1 heterocycles. The summed E-state index contributed by atoms with van der Waals surface area (Å²) in [7, 11) is -3.47. The van der Waals surface area contributed by atoms with Gasteiger partial charge in [-0.1, -0.05) is 25.7 Å². The Hall–Kier alpha value is -1.12. The lowest BCUT2D eigenvalue weighted by Crippen LogP contribution is -2.40. The number of nitrogens with two attached hydrogens (primary N) is 1. The van der Waals surface area contributed by atoms with Crippen LogP contribution >= 0.6 is 11.3 Å². The number of hydrogen-bond donors (Lipinski definition) is 3. The molecule has 8 heteroatoms. The zero-order valence-electron chi connectivity index (χ0n) is 14.5. The van der Waals surface area contributed by atoms with Crippen LogP contribution in [0.5, 0.6) is 0 Å². The van der Waals surface area contributed by atoms with E-state index in [0.717, 1.165) is 22.6 Å². The third-order valence-corrected chi connectivity index (χ3v) is 6.86. The Morgan fingerprint density at radius 2 is 1.96 bits per heavy atom. The lowest BCUT2D eigenvalue weighted by atomic mass is 10.1. The van der Waals surface area contributed by atoms with Gasteiger partial charge in [0, 0.05) is 22.3 Å². The van der Waals surface area contributed by atoms with Crippen molar-refractivity contribution in [1.29, 1.82) is 0 Å². The van der Waals surface area contributed by atoms with Crippen LogP contribution < -0.4 is 15.8 Å². The third kappa shape index (κ3) is 5.75. The molecule has 1 aromatic heterocycles. The van der Waals surface area contributed by atoms with E-state index in [1.165, 1.54) is 37.0 Å². The van der Waals surface area contributed by atoms with E-state index in [-0.39, 0.29) is 6.54 Å². The summed E-state index contributed by atoms with van der Waals surface area (Å²) in [6, 6.07) is 2.09. The topological polar surface area (TPSA) is 96.6 Å². The maximum absolute atomic E-state index is 12.3. The van der Waals surface area contributed by atoms with Crippen LogP contribution in [-0.2, 0) is 10.0 Å². The molecule has 0 aromatic carbocycles. The molecule has 1 fully saturated rings. The number of rotatable bonds is 6. The van der Waals surface area contributed by atoms with Crippen molar-refractivity contribution in [3.05, 3.63) is 15.8 Å². The third-order valence-electron chi connectivity index (χ3n) is 4.18. The van der Waals surface area contributed by atoms with Crippen LogP contribution in [-0.4, -0.2) is 33.5 Å². The Labute approximate surface area is 149 Å². The van der Waals surface area contributed by atoms with Crippen molar-refractivity contribution < 1.29 is 8.42 Å². The summed E-state index contributed by atoms with van der Waals surface area (Å²) in [6.07, 6.45) is 7.28. The highest BCUT2D eigenvalue weighted by Gasteiger charge is 2.18. The standard InChI is InChI=1S/C16H28N4O2S2/c1-12-11-15(13(2)23-12)24(21,22)19-10-9-18-16(17)20-14-7-5-3-4-6-8-14/h11,14,19H,3-10H2,1-2H3,(H3,17,18,20). The number of sulfonamides is 1. The number of aliphatic imine (C=N–C) groups is 1. The van der Waals surface area contributed by atoms with Crippen LogP contribution in [0.2, 0.25) is 0 Å². The summed E-state index contributed by atoms with van der Waals surface area (Å²) in [6.45, 7) is 4.29. The molecule has 0 amide bonds. The van der Waals surface area contributed by atoms with Crippen LogP contribution in [0.4, 0.5) is 0 Å². The summed E-state index contributed by atoms with van der Waals surface area (Å²) in [5.41, 5.74) is 5.91. The summed E-state index contributed by atoms with van der Waals surface area (Å²) in [5.74, 6) is 0.406. The fraction of sp³-hybridized carbons (Fsp3) is 0.688. The second kappa shape index (κ2) is 8.82. The molecule has 0 aliphatic heterocycles. The van der Waals surface area contributed by atoms with E-state index < -0.39 is 10.0 Å². The molecule has 0 unspecified atom stereocenters. The second-order valence-corrected chi connectivity index (χ2v) is 9.47. The van der Waals surface area contributed by atoms with Gasteiger partial charge in [-0.25, -0.2) is 13.1 Å². The van der Waals surface area contributed by atoms with Crippen molar-refractivity contribution in [2.24, 2.45) is 10.7 Å². The molecule has 24 heavy (non-hydrogen) atoms. The summed E-state index contributed by atoms with van der Waals surface area (Å²) in [4.78, 5) is 6.38. The number of thiophene rings is 1. The normalized spacial score (nSPS) is 17.7. The maximum Gasteiger partial charge on any atom is 0.241 e. The molecule has 0 radical (unpaired) electrons. The Bertz CT molecular complexity index is 660. The van der Waals surface area contributed by atoms with Gasteiger partial charge < -0.3 is 11.1 Å². The molecule has 1 saturated carbocycles. The Morgan fingerprint density at radius 1 is 1.29 bits per heavy atom. The highest BCUT2D eigenvalue weighted by atomic mass is 32.2. The Morgan fingerprint density at radius 3 is 2.54 bits per heavy atom.